The molecule has 2 heterocycles. The van der Waals surface area contributed by atoms with Gasteiger partial charge in [-0.15, -0.1) is 0 Å². The van der Waals surface area contributed by atoms with Crippen LogP contribution in [0.4, 0.5) is 0 Å². The van der Waals surface area contributed by atoms with E-state index in [4.69, 9.17) is 4.74 Å². The van der Waals surface area contributed by atoms with Crippen molar-refractivity contribution in [1.29, 1.82) is 0 Å². The predicted octanol–water partition coefficient (Wildman–Crippen LogP) is 1.77. The van der Waals surface area contributed by atoms with E-state index in [9.17, 15) is 13.2 Å². The molecule has 0 radical (unpaired) electrons. The standard InChI is InChI=1S/C19H26N4O4S/c1-2-27-17-8-6-16(7-9-17)12-20-18(24)13-22-14-19(21-15-22)28(25,26)23-10-4-3-5-11-23/h6-9,14-15H,2-5,10-13H2,1H3,(H,20,24). The van der Waals surface area contributed by atoms with Gasteiger partial charge in [0.1, 0.15) is 12.3 Å². The number of amides is 1. The molecule has 1 fully saturated rings. The number of aromatic nitrogens is 2. The zero-order valence-corrected chi connectivity index (χ0v) is 16.8. The molecule has 1 aromatic carbocycles. The number of imidazole rings is 1. The Morgan fingerprint density at radius 2 is 1.89 bits per heavy atom. The van der Waals surface area contributed by atoms with Gasteiger partial charge >= 0.3 is 0 Å². The second kappa shape index (κ2) is 9.20. The molecule has 0 unspecified atom stereocenters. The van der Waals surface area contributed by atoms with E-state index in [1.54, 1.807) is 0 Å². The van der Waals surface area contributed by atoms with Gasteiger partial charge in [-0.2, -0.15) is 4.31 Å². The van der Waals surface area contributed by atoms with Crippen LogP contribution in [0, 0.1) is 0 Å². The number of ether oxygens (including phenoxy) is 1. The van der Waals surface area contributed by atoms with E-state index in [1.165, 1.54) is 21.4 Å². The van der Waals surface area contributed by atoms with Crippen LogP contribution in [0.5, 0.6) is 5.75 Å². The van der Waals surface area contributed by atoms with Crippen molar-refractivity contribution < 1.29 is 17.9 Å². The highest BCUT2D eigenvalue weighted by molar-refractivity contribution is 7.89. The fraction of sp³-hybridized carbons (Fsp3) is 0.474. The summed E-state index contributed by atoms with van der Waals surface area (Å²) in [7, 11) is -3.58. The van der Waals surface area contributed by atoms with Crippen LogP contribution in [0.15, 0.2) is 41.8 Å². The van der Waals surface area contributed by atoms with Gasteiger partial charge in [-0.25, -0.2) is 13.4 Å². The summed E-state index contributed by atoms with van der Waals surface area (Å²) in [6, 6.07) is 7.51. The molecular formula is C19H26N4O4S. The minimum absolute atomic E-state index is 0.00582. The molecule has 0 aliphatic carbocycles. The minimum Gasteiger partial charge on any atom is -0.494 e. The minimum atomic E-state index is -3.58. The number of piperidine rings is 1. The van der Waals surface area contributed by atoms with Crippen molar-refractivity contribution >= 4 is 15.9 Å². The van der Waals surface area contributed by atoms with Crippen molar-refractivity contribution in [1.82, 2.24) is 19.2 Å². The summed E-state index contributed by atoms with van der Waals surface area (Å²) in [5, 5.41) is 2.82. The van der Waals surface area contributed by atoms with Crippen LogP contribution in [0.3, 0.4) is 0 Å². The number of benzene rings is 1. The average Bonchev–Trinajstić information content (AvgIpc) is 3.18. The first-order chi connectivity index (χ1) is 13.5. The summed E-state index contributed by atoms with van der Waals surface area (Å²) in [6.07, 6.45) is 5.59. The number of nitrogens with zero attached hydrogens (tertiary/aromatic N) is 3. The third-order valence-corrected chi connectivity index (χ3v) is 6.36. The largest absolute Gasteiger partial charge is 0.494 e. The van der Waals surface area contributed by atoms with Gasteiger partial charge in [0.05, 0.1) is 12.9 Å². The molecule has 1 saturated heterocycles. The smallest absolute Gasteiger partial charge is 0.262 e. The molecule has 0 spiro atoms. The van der Waals surface area contributed by atoms with Gasteiger partial charge in [-0.3, -0.25) is 4.79 Å². The summed E-state index contributed by atoms with van der Waals surface area (Å²) in [4.78, 5) is 16.2. The lowest BCUT2D eigenvalue weighted by atomic mass is 10.2. The zero-order valence-electron chi connectivity index (χ0n) is 16.0. The van der Waals surface area contributed by atoms with Crippen LogP contribution in [0.25, 0.3) is 0 Å². The molecule has 9 heteroatoms. The molecule has 8 nitrogen and oxygen atoms in total. The first-order valence-corrected chi connectivity index (χ1v) is 10.9. The number of nitrogens with one attached hydrogen (secondary N) is 1. The van der Waals surface area contributed by atoms with Gasteiger partial charge in [0.25, 0.3) is 10.0 Å². The van der Waals surface area contributed by atoms with Crippen LogP contribution in [0.2, 0.25) is 0 Å². The Kier molecular flexibility index (Phi) is 6.69. The number of hydrogen-bond acceptors (Lipinski definition) is 5. The van der Waals surface area contributed by atoms with E-state index >= 15 is 0 Å². The van der Waals surface area contributed by atoms with E-state index in [0.717, 1.165) is 30.6 Å². The monoisotopic (exact) mass is 406 g/mol. The third-order valence-electron chi connectivity index (χ3n) is 4.58. The maximum Gasteiger partial charge on any atom is 0.262 e. The quantitative estimate of drug-likeness (QED) is 0.721. The number of carbonyl (C=O) groups excluding carboxylic acids is 1. The van der Waals surface area contributed by atoms with Gasteiger partial charge in [0, 0.05) is 25.8 Å². The molecule has 2 aromatic rings. The van der Waals surface area contributed by atoms with Crippen molar-refractivity contribution in [3.63, 3.8) is 0 Å². The van der Waals surface area contributed by atoms with Gasteiger partial charge in [-0.05, 0) is 37.5 Å². The molecule has 0 atom stereocenters. The van der Waals surface area contributed by atoms with Crippen molar-refractivity contribution in [2.45, 2.75) is 44.3 Å². The Bertz CT molecular complexity index is 887. The number of hydrogen-bond donors (Lipinski definition) is 1. The highest BCUT2D eigenvalue weighted by atomic mass is 32.2. The SMILES string of the molecule is CCOc1ccc(CNC(=O)Cn2cnc(S(=O)(=O)N3CCCCC3)c2)cc1. The normalized spacial score (nSPS) is 15.3. The molecule has 0 saturated carbocycles. The Morgan fingerprint density at radius 1 is 1.18 bits per heavy atom. The Hall–Kier alpha value is -2.39. The second-order valence-electron chi connectivity index (χ2n) is 6.70. The predicted molar refractivity (Wildman–Crippen MR) is 104 cm³/mol. The highest BCUT2D eigenvalue weighted by Crippen LogP contribution is 2.19. The van der Waals surface area contributed by atoms with Crippen LogP contribution in [-0.4, -0.2) is 47.9 Å². The van der Waals surface area contributed by atoms with E-state index in [0.29, 0.717) is 26.2 Å². The molecule has 3 rings (SSSR count). The number of carbonyl (C=O) groups is 1. The molecule has 1 aromatic heterocycles. The molecular weight excluding hydrogens is 380 g/mol. The van der Waals surface area contributed by atoms with Crippen LogP contribution < -0.4 is 10.1 Å². The first kappa shape index (κ1) is 20.3. The van der Waals surface area contributed by atoms with Crippen LogP contribution in [0.1, 0.15) is 31.7 Å². The molecule has 28 heavy (non-hydrogen) atoms. The Labute approximate surface area is 165 Å². The van der Waals surface area contributed by atoms with Gasteiger partial charge in [0.2, 0.25) is 5.91 Å². The summed E-state index contributed by atoms with van der Waals surface area (Å²) in [6.45, 7) is 3.98. The number of rotatable bonds is 8. The van der Waals surface area contributed by atoms with E-state index in [1.807, 2.05) is 31.2 Å². The third kappa shape index (κ3) is 5.11. The molecule has 1 aliphatic rings. The summed E-state index contributed by atoms with van der Waals surface area (Å²) in [5.41, 5.74) is 0.954. The maximum absolute atomic E-state index is 12.6. The maximum atomic E-state index is 12.6. The van der Waals surface area contributed by atoms with Crippen molar-refractivity contribution in [3.05, 3.63) is 42.4 Å². The number of sulfonamides is 1. The Morgan fingerprint density at radius 3 is 2.57 bits per heavy atom. The summed E-state index contributed by atoms with van der Waals surface area (Å²) >= 11 is 0. The van der Waals surface area contributed by atoms with E-state index in [-0.39, 0.29) is 17.5 Å². The molecule has 0 bridgehead atoms. The first-order valence-electron chi connectivity index (χ1n) is 9.49. The summed E-state index contributed by atoms with van der Waals surface area (Å²) < 4.78 is 33.6. The zero-order chi connectivity index (χ0) is 20.0. The lowest BCUT2D eigenvalue weighted by Crippen LogP contribution is -2.35. The molecule has 1 N–H and O–H groups in total. The lowest BCUT2D eigenvalue weighted by Gasteiger charge is -2.24. The van der Waals surface area contributed by atoms with Crippen molar-refractivity contribution in [3.8, 4) is 5.75 Å². The van der Waals surface area contributed by atoms with Crippen LogP contribution >= 0.6 is 0 Å². The fourth-order valence-electron chi connectivity index (χ4n) is 3.09. The van der Waals surface area contributed by atoms with Gasteiger partial charge < -0.3 is 14.6 Å². The topological polar surface area (TPSA) is 93.5 Å². The van der Waals surface area contributed by atoms with Gasteiger partial charge in [-0.1, -0.05) is 18.6 Å². The molecule has 1 amide bonds. The lowest BCUT2D eigenvalue weighted by molar-refractivity contribution is -0.121. The Balaban J connectivity index is 1.53. The van der Waals surface area contributed by atoms with E-state index < -0.39 is 10.0 Å². The summed E-state index contributed by atoms with van der Waals surface area (Å²) in [5.74, 6) is 0.576. The van der Waals surface area contributed by atoms with E-state index in [2.05, 4.69) is 10.3 Å². The molecule has 152 valence electrons. The fourth-order valence-corrected chi connectivity index (χ4v) is 4.54. The highest BCUT2D eigenvalue weighted by Gasteiger charge is 2.28. The van der Waals surface area contributed by atoms with Gasteiger partial charge in [0.15, 0.2) is 5.03 Å². The van der Waals surface area contributed by atoms with Crippen molar-refractivity contribution in [2.75, 3.05) is 19.7 Å². The average molecular weight is 407 g/mol. The second-order valence-corrected chi connectivity index (χ2v) is 8.59. The molecule has 1 aliphatic heterocycles. The van der Waals surface area contributed by atoms with Crippen LogP contribution in [-0.2, 0) is 27.9 Å². The van der Waals surface area contributed by atoms with Crippen molar-refractivity contribution in [2.24, 2.45) is 0 Å².